The highest BCUT2D eigenvalue weighted by Crippen LogP contribution is 2.65. The summed E-state index contributed by atoms with van der Waals surface area (Å²) in [7, 11) is 0. The molecule has 1 nitrogen and oxygen atoms in total. The molecule has 0 saturated heterocycles. The van der Waals surface area contributed by atoms with Gasteiger partial charge in [-0.25, -0.2) is 0 Å². The summed E-state index contributed by atoms with van der Waals surface area (Å²) in [6, 6.07) is 63.4. The van der Waals surface area contributed by atoms with Crippen LogP contribution in [0.3, 0.4) is 0 Å². The molecular formula is C47H33N. The van der Waals surface area contributed by atoms with Crippen molar-refractivity contribution in [2.24, 2.45) is 0 Å². The van der Waals surface area contributed by atoms with E-state index in [9.17, 15) is 0 Å². The van der Waals surface area contributed by atoms with Crippen LogP contribution in [-0.4, -0.2) is 0 Å². The monoisotopic (exact) mass is 611 g/mol. The molecule has 2 aliphatic carbocycles. The molecule has 0 saturated carbocycles. The summed E-state index contributed by atoms with van der Waals surface area (Å²) >= 11 is 0. The number of hydrogen-bond acceptors (Lipinski definition) is 1. The average molecular weight is 612 g/mol. The Balaban J connectivity index is 1.28. The molecule has 226 valence electrons. The van der Waals surface area contributed by atoms with Crippen molar-refractivity contribution in [1.82, 2.24) is 0 Å². The first-order valence-electron chi connectivity index (χ1n) is 17.0. The summed E-state index contributed by atoms with van der Waals surface area (Å²) < 4.78 is 0. The second kappa shape index (κ2) is 10.3. The number of anilines is 3. The fraction of sp³-hybridized carbons (Fsp3) is 0.0638. The fourth-order valence-electron chi connectivity index (χ4n) is 8.78. The molecule has 0 amide bonds. The van der Waals surface area contributed by atoms with Crippen LogP contribution >= 0.6 is 0 Å². The maximum Gasteiger partial charge on any atom is 0.0731 e. The number of aryl methyl sites for hydroxylation is 1. The smallest absolute Gasteiger partial charge is 0.0731 e. The lowest BCUT2D eigenvalue weighted by Gasteiger charge is -2.32. The van der Waals surface area contributed by atoms with E-state index in [1.165, 1.54) is 71.6 Å². The van der Waals surface area contributed by atoms with Crippen LogP contribution in [0.2, 0.25) is 0 Å². The Morgan fingerprint density at radius 3 is 1.81 bits per heavy atom. The van der Waals surface area contributed by atoms with E-state index in [1.807, 2.05) is 0 Å². The van der Waals surface area contributed by atoms with Gasteiger partial charge in [-0.05, 0) is 114 Å². The zero-order chi connectivity index (χ0) is 31.8. The first-order chi connectivity index (χ1) is 23.8. The maximum atomic E-state index is 2.41. The second-order valence-electron chi connectivity index (χ2n) is 13.1. The van der Waals surface area contributed by atoms with Crippen LogP contribution in [0.25, 0.3) is 43.8 Å². The highest BCUT2D eigenvalue weighted by molar-refractivity contribution is 6.11. The van der Waals surface area contributed by atoms with E-state index in [0.29, 0.717) is 0 Å². The van der Waals surface area contributed by atoms with E-state index in [-0.39, 0.29) is 0 Å². The van der Waals surface area contributed by atoms with Gasteiger partial charge in [0, 0.05) is 17.1 Å². The molecule has 10 rings (SSSR count). The molecule has 8 aromatic rings. The van der Waals surface area contributed by atoms with E-state index in [0.717, 1.165) is 23.5 Å². The maximum absolute atomic E-state index is 2.41. The highest BCUT2D eigenvalue weighted by Gasteiger charge is 2.52. The predicted octanol–water partition coefficient (Wildman–Crippen LogP) is 12.4. The van der Waals surface area contributed by atoms with Crippen molar-refractivity contribution in [3.05, 3.63) is 198 Å². The van der Waals surface area contributed by atoms with Gasteiger partial charge in [-0.15, -0.1) is 0 Å². The third-order valence-corrected chi connectivity index (χ3v) is 10.8. The Bertz CT molecular complexity index is 2500. The molecular weight excluding hydrogens is 579 g/mol. The van der Waals surface area contributed by atoms with Crippen LogP contribution in [0.5, 0.6) is 0 Å². The lowest BCUT2D eigenvalue weighted by Crippen LogP contribution is -2.26. The summed E-state index contributed by atoms with van der Waals surface area (Å²) in [5, 5.41) is 5.15. The Kier molecular flexibility index (Phi) is 5.83. The number of para-hydroxylation sites is 1. The normalized spacial score (nSPS) is 13.4. The lowest BCUT2D eigenvalue weighted by atomic mass is 9.69. The van der Waals surface area contributed by atoms with Crippen LogP contribution in [-0.2, 0) is 11.8 Å². The summed E-state index contributed by atoms with van der Waals surface area (Å²) in [5.41, 5.74) is 15.3. The number of hydrogen-bond donors (Lipinski definition) is 0. The third-order valence-electron chi connectivity index (χ3n) is 10.8. The van der Waals surface area contributed by atoms with Crippen molar-refractivity contribution in [1.29, 1.82) is 0 Å². The molecule has 0 unspecified atom stereocenters. The number of rotatable bonds is 4. The van der Waals surface area contributed by atoms with Gasteiger partial charge in [0.15, 0.2) is 0 Å². The van der Waals surface area contributed by atoms with E-state index in [2.05, 4.69) is 182 Å². The van der Waals surface area contributed by atoms with E-state index in [1.54, 1.807) is 0 Å². The largest absolute Gasteiger partial charge is 0.310 e. The van der Waals surface area contributed by atoms with Crippen molar-refractivity contribution in [2.45, 2.75) is 18.8 Å². The van der Waals surface area contributed by atoms with Gasteiger partial charge in [-0.1, -0.05) is 140 Å². The van der Waals surface area contributed by atoms with Crippen LogP contribution < -0.4 is 4.90 Å². The van der Waals surface area contributed by atoms with E-state index >= 15 is 0 Å². The molecule has 0 fully saturated rings. The van der Waals surface area contributed by atoms with Gasteiger partial charge in [0.05, 0.1) is 5.41 Å². The zero-order valence-electron chi connectivity index (χ0n) is 26.8. The summed E-state index contributed by atoms with van der Waals surface area (Å²) in [4.78, 5) is 2.38. The van der Waals surface area contributed by atoms with Crippen LogP contribution in [0.1, 0.15) is 34.7 Å². The molecule has 0 heterocycles. The van der Waals surface area contributed by atoms with Gasteiger partial charge in [0.2, 0.25) is 0 Å². The molecule has 1 spiro atoms. The second-order valence-corrected chi connectivity index (χ2v) is 13.1. The fourth-order valence-corrected chi connectivity index (χ4v) is 8.78. The minimum Gasteiger partial charge on any atom is -0.310 e. The molecule has 0 N–H and O–H groups in total. The summed E-state index contributed by atoms with van der Waals surface area (Å²) in [6.45, 7) is 2.21. The van der Waals surface area contributed by atoms with Crippen LogP contribution in [0, 0.1) is 0 Å². The first-order valence-corrected chi connectivity index (χ1v) is 17.0. The molecule has 48 heavy (non-hydrogen) atoms. The minimum absolute atomic E-state index is 0.405. The molecule has 8 aromatic carbocycles. The quantitative estimate of drug-likeness (QED) is 0.191. The number of nitrogens with zero attached hydrogens (tertiary/aromatic N) is 1. The Morgan fingerprint density at radius 2 is 1.06 bits per heavy atom. The van der Waals surface area contributed by atoms with Gasteiger partial charge >= 0.3 is 0 Å². The molecule has 0 aliphatic heterocycles. The molecule has 0 aromatic heterocycles. The van der Waals surface area contributed by atoms with Crippen molar-refractivity contribution in [3.63, 3.8) is 0 Å². The van der Waals surface area contributed by atoms with Crippen molar-refractivity contribution >= 4 is 38.6 Å². The van der Waals surface area contributed by atoms with Crippen molar-refractivity contribution in [3.8, 4) is 22.3 Å². The zero-order valence-corrected chi connectivity index (χ0v) is 26.8. The topological polar surface area (TPSA) is 3.24 Å². The molecule has 0 bridgehead atoms. The van der Waals surface area contributed by atoms with Gasteiger partial charge in [-0.3, -0.25) is 0 Å². The van der Waals surface area contributed by atoms with E-state index < -0.39 is 5.41 Å². The van der Waals surface area contributed by atoms with Gasteiger partial charge < -0.3 is 4.90 Å². The molecule has 2 aliphatic rings. The van der Waals surface area contributed by atoms with E-state index in [4.69, 9.17) is 0 Å². The van der Waals surface area contributed by atoms with Crippen molar-refractivity contribution < 1.29 is 0 Å². The first kappa shape index (κ1) is 27.2. The summed E-state index contributed by atoms with van der Waals surface area (Å²) in [5.74, 6) is 0. The predicted molar refractivity (Wildman–Crippen MR) is 202 cm³/mol. The van der Waals surface area contributed by atoms with Crippen molar-refractivity contribution in [2.75, 3.05) is 4.90 Å². The number of benzene rings is 8. The summed E-state index contributed by atoms with van der Waals surface area (Å²) in [6.07, 6.45) is 1.03. The minimum atomic E-state index is -0.405. The number of fused-ring (bicyclic) bond motifs is 14. The van der Waals surface area contributed by atoms with Gasteiger partial charge in [0.1, 0.15) is 0 Å². The van der Waals surface area contributed by atoms with Crippen LogP contribution in [0.4, 0.5) is 17.1 Å². The molecule has 0 radical (unpaired) electrons. The Labute approximate surface area is 281 Å². The standard InChI is InChI=1S/C47H33N/c1-2-31-20-24-35(25-21-31)48(34-13-4-3-5-14-34)36-26-28-38-33(30-36)22-27-41-45-37-15-7-6-12-32(37)23-29-44(45)47(46(38)41)42-18-10-8-16-39(42)40-17-9-11-19-43(40)47/h3-30H,2H2,1H3. The highest BCUT2D eigenvalue weighted by atomic mass is 15.1. The molecule has 1 heteroatoms. The van der Waals surface area contributed by atoms with Gasteiger partial charge in [0.25, 0.3) is 0 Å². The lowest BCUT2D eigenvalue weighted by molar-refractivity contribution is 0.802. The van der Waals surface area contributed by atoms with Crippen LogP contribution in [0.15, 0.2) is 170 Å². The molecule has 0 atom stereocenters. The van der Waals surface area contributed by atoms with Gasteiger partial charge in [-0.2, -0.15) is 0 Å². The average Bonchev–Trinajstić information content (AvgIpc) is 3.63. The third kappa shape index (κ3) is 3.62. The Morgan fingerprint density at radius 1 is 0.438 bits per heavy atom. The Hall–Kier alpha value is -5.92. The SMILES string of the molecule is CCc1ccc(N(c2ccccc2)c2ccc3c4c(ccc3c2)-c2c(ccc3ccccc23)C42c3ccccc3-c3ccccc32)cc1.